The van der Waals surface area contributed by atoms with E-state index in [0.29, 0.717) is 0 Å². The summed E-state index contributed by atoms with van der Waals surface area (Å²) in [6, 6.07) is 39.0. The third kappa shape index (κ3) is 2.85. The van der Waals surface area contributed by atoms with Crippen LogP contribution < -0.4 is 0 Å². The summed E-state index contributed by atoms with van der Waals surface area (Å²) >= 11 is 7.40. The van der Waals surface area contributed by atoms with Gasteiger partial charge in [-0.1, -0.05) is 80.4 Å². The van der Waals surface area contributed by atoms with Gasteiger partial charge in [0.05, 0.1) is 22.1 Å². The lowest BCUT2D eigenvalue weighted by Crippen LogP contribution is -1.98. The van der Waals surface area contributed by atoms with Gasteiger partial charge in [0.2, 0.25) is 0 Å². The SMILES string of the molecule is Brc1ccc2c(c1)c1ccc3c4cc(Br)ccc4n(-c4ccccc4)c3c1n2-c1ccccc1. The van der Waals surface area contributed by atoms with E-state index in [0.717, 1.165) is 20.3 Å². The van der Waals surface area contributed by atoms with E-state index in [1.807, 2.05) is 0 Å². The highest BCUT2D eigenvalue weighted by Crippen LogP contribution is 2.42. The Morgan fingerprint density at radius 2 is 0.824 bits per heavy atom. The van der Waals surface area contributed by atoms with Gasteiger partial charge in [0, 0.05) is 41.9 Å². The van der Waals surface area contributed by atoms with Crippen LogP contribution in [-0.2, 0) is 0 Å². The van der Waals surface area contributed by atoms with E-state index in [1.165, 1.54) is 43.6 Å². The summed E-state index contributed by atoms with van der Waals surface area (Å²) in [4.78, 5) is 0. The molecule has 7 aromatic rings. The van der Waals surface area contributed by atoms with Crippen molar-refractivity contribution >= 4 is 75.5 Å². The average molecular weight is 566 g/mol. The third-order valence-electron chi connectivity index (χ3n) is 6.61. The molecule has 0 amide bonds. The quantitative estimate of drug-likeness (QED) is 0.197. The molecule has 162 valence electrons. The minimum Gasteiger partial charge on any atom is -0.307 e. The van der Waals surface area contributed by atoms with Crippen molar-refractivity contribution in [1.82, 2.24) is 9.13 Å². The zero-order chi connectivity index (χ0) is 22.8. The number of hydrogen-bond donors (Lipinski definition) is 0. The molecule has 0 spiro atoms. The Labute approximate surface area is 213 Å². The molecule has 34 heavy (non-hydrogen) atoms. The van der Waals surface area contributed by atoms with Gasteiger partial charge in [0.25, 0.3) is 0 Å². The largest absolute Gasteiger partial charge is 0.307 e. The number of para-hydroxylation sites is 2. The topological polar surface area (TPSA) is 9.86 Å². The van der Waals surface area contributed by atoms with Crippen LogP contribution in [-0.4, -0.2) is 9.13 Å². The van der Waals surface area contributed by atoms with Crippen molar-refractivity contribution in [1.29, 1.82) is 0 Å². The van der Waals surface area contributed by atoms with Crippen molar-refractivity contribution in [2.75, 3.05) is 0 Å². The smallest absolute Gasteiger partial charge is 0.0788 e. The maximum absolute atomic E-state index is 3.70. The van der Waals surface area contributed by atoms with E-state index in [2.05, 4.69) is 150 Å². The van der Waals surface area contributed by atoms with E-state index in [1.54, 1.807) is 0 Å². The van der Waals surface area contributed by atoms with Crippen LogP contribution in [0.5, 0.6) is 0 Å². The predicted octanol–water partition coefficient (Wildman–Crippen LogP) is 9.41. The molecule has 5 aromatic carbocycles. The fourth-order valence-electron chi connectivity index (χ4n) is 5.24. The van der Waals surface area contributed by atoms with Gasteiger partial charge in [-0.3, -0.25) is 0 Å². The van der Waals surface area contributed by atoms with Crippen LogP contribution in [0.1, 0.15) is 0 Å². The maximum Gasteiger partial charge on any atom is 0.0788 e. The van der Waals surface area contributed by atoms with Crippen molar-refractivity contribution < 1.29 is 0 Å². The lowest BCUT2D eigenvalue weighted by molar-refractivity contribution is 1.15. The van der Waals surface area contributed by atoms with Crippen LogP contribution >= 0.6 is 31.9 Å². The van der Waals surface area contributed by atoms with Gasteiger partial charge in [0.15, 0.2) is 0 Å². The lowest BCUT2D eigenvalue weighted by Gasteiger charge is -2.12. The van der Waals surface area contributed by atoms with E-state index in [9.17, 15) is 0 Å². The fraction of sp³-hybridized carbons (Fsp3) is 0. The molecule has 0 N–H and O–H groups in total. The first-order valence-corrected chi connectivity index (χ1v) is 12.8. The number of nitrogens with zero attached hydrogens (tertiary/aromatic N) is 2. The second kappa shape index (κ2) is 7.59. The van der Waals surface area contributed by atoms with Crippen molar-refractivity contribution in [3.05, 3.63) is 118 Å². The van der Waals surface area contributed by atoms with Crippen LogP contribution in [0.3, 0.4) is 0 Å². The van der Waals surface area contributed by atoms with E-state index < -0.39 is 0 Å². The fourth-order valence-corrected chi connectivity index (χ4v) is 5.96. The van der Waals surface area contributed by atoms with Crippen LogP contribution in [0, 0.1) is 0 Å². The second-order valence-corrected chi connectivity index (χ2v) is 10.4. The molecule has 0 radical (unpaired) electrons. The molecule has 0 atom stereocenters. The van der Waals surface area contributed by atoms with Crippen LogP contribution in [0.4, 0.5) is 0 Å². The molecule has 2 aromatic heterocycles. The highest BCUT2D eigenvalue weighted by molar-refractivity contribution is 9.10. The molecule has 0 saturated heterocycles. The molecule has 2 heterocycles. The summed E-state index contributed by atoms with van der Waals surface area (Å²) in [5, 5.41) is 4.96. The van der Waals surface area contributed by atoms with Gasteiger partial charge >= 0.3 is 0 Å². The van der Waals surface area contributed by atoms with Gasteiger partial charge in [-0.05, 0) is 60.7 Å². The monoisotopic (exact) mass is 564 g/mol. The number of halogens is 2. The first kappa shape index (κ1) is 20.1. The zero-order valence-corrected chi connectivity index (χ0v) is 21.2. The van der Waals surface area contributed by atoms with Gasteiger partial charge in [-0.15, -0.1) is 0 Å². The number of aromatic nitrogens is 2. The van der Waals surface area contributed by atoms with Gasteiger partial charge in [0.1, 0.15) is 0 Å². The Morgan fingerprint density at radius 3 is 1.24 bits per heavy atom. The van der Waals surface area contributed by atoms with Crippen LogP contribution in [0.2, 0.25) is 0 Å². The molecular weight excluding hydrogens is 548 g/mol. The average Bonchev–Trinajstić information content (AvgIpc) is 3.37. The zero-order valence-electron chi connectivity index (χ0n) is 18.0. The minimum atomic E-state index is 1.08. The molecule has 0 aliphatic rings. The summed E-state index contributed by atoms with van der Waals surface area (Å²) in [5.74, 6) is 0. The van der Waals surface area contributed by atoms with Gasteiger partial charge < -0.3 is 9.13 Å². The molecule has 4 heteroatoms. The summed E-state index contributed by atoms with van der Waals surface area (Å²) in [6.45, 7) is 0. The second-order valence-electron chi connectivity index (χ2n) is 8.52. The highest BCUT2D eigenvalue weighted by Gasteiger charge is 2.21. The molecule has 0 aliphatic carbocycles. The maximum atomic E-state index is 3.70. The van der Waals surface area contributed by atoms with Crippen molar-refractivity contribution in [3.63, 3.8) is 0 Å². The molecule has 0 aliphatic heterocycles. The van der Waals surface area contributed by atoms with Gasteiger partial charge in [-0.2, -0.15) is 0 Å². The first-order chi connectivity index (χ1) is 16.7. The summed E-state index contributed by atoms with van der Waals surface area (Å²) in [7, 11) is 0. The number of rotatable bonds is 2. The van der Waals surface area contributed by atoms with Gasteiger partial charge in [-0.25, -0.2) is 0 Å². The highest BCUT2D eigenvalue weighted by atomic mass is 79.9. The summed E-state index contributed by atoms with van der Waals surface area (Å²) in [5.41, 5.74) is 7.14. The number of fused-ring (bicyclic) bond motifs is 7. The number of hydrogen-bond acceptors (Lipinski definition) is 0. The molecule has 0 unspecified atom stereocenters. The Morgan fingerprint density at radius 1 is 0.412 bits per heavy atom. The molecule has 0 saturated carbocycles. The Balaban J connectivity index is 1.80. The summed E-state index contributed by atoms with van der Waals surface area (Å²) < 4.78 is 6.99. The molecular formula is C30H18Br2N2. The standard InChI is InChI=1S/C30H18Br2N2/c31-19-11-15-27-25(17-19)23-13-14-24-26-18-20(32)12-16-28(26)34(22-9-5-2-6-10-22)30(24)29(23)33(27)21-7-3-1-4-8-21/h1-18H. The van der Waals surface area contributed by atoms with Crippen molar-refractivity contribution in [2.45, 2.75) is 0 Å². The third-order valence-corrected chi connectivity index (χ3v) is 7.59. The molecule has 0 fully saturated rings. The van der Waals surface area contributed by atoms with E-state index >= 15 is 0 Å². The normalized spacial score (nSPS) is 11.8. The van der Waals surface area contributed by atoms with Crippen molar-refractivity contribution in [3.8, 4) is 11.4 Å². The van der Waals surface area contributed by atoms with Crippen molar-refractivity contribution in [2.24, 2.45) is 0 Å². The molecule has 7 rings (SSSR count). The molecule has 0 bridgehead atoms. The number of benzene rings is 5. The predicted molar refractivity (Wildman–Crippen MR) is 151 cm³/mol. The molecule has 2 nitrogen and oxygen atoms in total. The Kier molecular flexibility index (Phi) is 4.48. The Bertz CT molecular complexity index is 1720. The Hall–Kier alpha value is -3.34. The van der Waals surface area contributed by atoms with Crippen LogP contribution in [0.25, 0.3) is 55.0 Å². The first-order valence-electron chi connectivity index (χ1n) is 11.2. The van der Waals surface area contributed by atoms with Crippen LogP contribution in [0.15, 0.2) is 118 Å². The lowest BCUT2D eigenvalue weighted by atomic mass is 10.1. The minimum absolute atomic E-state index is 1.08. The summed E-state index contributed by atoms with van der Waals surface area (Å²) in [6.07, 6.45) is 0. The van der Waals surface area contributed by atoms with E-state index in [4.69, 9.17) is 0 Å². The van der Waals surface area contributed by atoms with E-state index in [-0.39, 0.29) is 0 Å².